The van der Waals surface area contributed by atoms with E-state index in [9.17, 15) is 9.59 Å². The number of thiophene rings is 1. The first-order valence-electron chi connectivity index (χ1n) is 12.6. The summed E-state index contributed by atoms with van der Waals surface area (Å²) in [7, 11) is 0. The third-order valence-electron chi connectivity index (χ3n) is 6.71. The van der Waals surface area contributed by atoms with Crippen LogP contribution in [0, 0.1) is 12.8 Å². The largest absolute Gasteiger partial charge is 0.360 e. The van der Waals surface area contributed by atoms with Gasteiger partial charge in [0.05, 0.1) is 5.69 Å². The van der Waals surface area contributed by atoms with Gasteiger partial charge in [0, 0.05) is 39.9 Å². The molecule has 2 aromatic carbocycles. The van der Waals surface area contributed by atoms with Crippen LogP contribution in [0.2, 0.25) is 0 Å². The van der Waals surface area contributed by atoms with Crippen molar-refractivity contribution in [2.45, 2.75) is 52.4 Å². The Morgan fingerprint density at radius 1 is 1.08 bits per heavy atom. The predicted molar refractivity (Wildman–Crippen MR) is 148 cm³/mol. The molecule has 36 heavy (non-hydrogen) atoms. The zero-order valence-electron chi connectivity index (χ0n) is 20.8. The number of carbonyl (C=O) groups excluding carboxylic acids is 2. The number of hydrogen-bond acceptors (Lipinski definition) is 4. The topological polar surface area (TPSA) is 74.3 Å². The second kappa shape index (κ2) is 10.6. The molecule has 2 aromatic heterocycles. The lowest BCUT2D eigenvalue weighted by molar-refractivity contribution is -0.120. The number of rotatable bonds is 9. The van der Waals surface area contributed by atoms with Gasteiger partial charge in [-0.15, -0.1) is 11.3 Å². The molecule has 2 N–H and O–H groups in total. The normalized spacial score (nSPS) is 13.8. The van der Waals surface area contributed by atoms with Gasteiger partial charge in [0.2, 0.25) is 5.91 Å². The summed E-state index contributed by atoms with van der Waals surface area (Å²) < 4.78 is 0. The zero-order chi connectivity index (χ0) is 25.1. The van der Waals surface area contributed by atoms with E-state index in [2.05, 4.69) is 51.0 Å². The number of hydrogen-bond donors (Lipinski definition) is 2. The maximum atomic E-state index is 13.0. The van der Waals surface area contributed by atoms with Crippen molar-refractivity contribution >= 4 is 45.5 Å². The van der Waals surface area contributed by atoms with Crippen LogP contribution in [0.5, 0.6) is 0 Å². The quantitative estimate of drug-likeness (QED) is 0.110. The van der Waals surface area contributed by atoms with E-state index in [-0.39, 0.29) is 17.6 Å². The minimum absolute atomic E-state index is 0.0678. The first-order valence-corrected chi connectivity index (χ1v) is 13.5. The van der Waals surface area contributed by atoms with Crippen LogP contribution < -0.4 is 5.32 Å². The highest BCUT2D eigenvalue weighted by atomic mass is 32.1. The molecule has 1 fully saturated rings. The second-order valence-corrected chi connectivity index (χ2v) is 10.7. The fraction of sp³-hybridized carbons (Fsp3) is 0.300. The maximum Gasteiger partial charge on any atom is 0.228 e. The Morgan fingerprint density at radius 2 is 1.89 bits per heavy atom. The van der Waals surface area contributed by atoms with Gasteiger partial charge in [-0.25, -0.2) is 4.99 Å². The number of unbranched alkanes of at least 4 members (excludes halogenated alkanes) is 1. The van der Waals surface area contributed by atoms with Crippen LogP contribution in [0.3, 0.4) is 0 Å². The molecule has 0 radical (unpaired) electrons. The van der Waals surface area contributed by atoms with E-state index in [1.165, 1.54) is 4.88 Å². The van der Waals surface area contributed by atoms with Crippen LogP contribution in [0.25, 0.3) is 22.0 Å². The Labute approximate surface area is 215 Å². The number of Topliss-reactive ketones (excluding diaryl/α,β-unsaturated/α-hetero) is 1. The number of aromatic amines is 1. The number of fused-ring (bicyclic) bond motifs is 1. The summed E-state index contributed by atoms with van der Waals surface area (Å²) in [6.45, 7) is 3.85. The molecule has 5 nitrogen and oxygen atoms in total. The van der Waals surface area contributed by atoms with E-state index >= 15 is 0 Å². The number of carbonyl (C=O) groups is 2. The van der Waals surface area contributed by atoms with Gasteiger partial charge in [0.15, 0.2) is 5.78 Å². The summed E-state index contributed by atoms with van der Waals surface area (Å²) >= 11 is 1.78. The highest BCUT2D eigenvalue weighted by molar-refractivity contribution is 7.09. The lowest BCUT2D eigenvalue weighted by Gasteiger charge is -2.09. The molecule has 184 valence electrons. The van der Waals surface area contributed by atoms with E-state index < -0.39 is 0 Å². The molecule has 5 rings (SSSR count). The molecule has 0 unspecified atom stereocenters. The van der Waals surface area contributed by atoms with Crippen molar-refractivity contribution in [2.24, 2.45) is 10.9 Å². The molecule has 1 amide bonds. The van der Waals surface area contributed by atoms with Crippen LogP contribution in [0.1, 0.15) is 59.8 Å². The zero-order valence-corrected chi connectivity index (χ0v) is 21.6. The first kappa shape index (κ1) is 24.2. The number of aliphatic imine (C=N–C) groups is 1. The number of ketones is 1. The lowest BCUT2D eigenvalue weighted by Crippen LogP contribution is -2.29. The number of nitrogens with one attached hydrogen (secondary N) is 2. The van der Waals surface area contributed by atoms with Gasteiger partial charge in [-0.3, -0.25) is 9.59 Å². The maximum absolute atomic E-state index is 13.0. The summed E-state index contributed by atoms with van der Waals surface area (Å²) in [6, 6.07) is 16.6. The van der Waals surface area contributed by atoms with Crippen LogP contribution in [0.4, 0.5) is 5.69 Å². The molecular formula is C30H31N3O2S. The van der Waals surface area contributed by atoms with E-state index in [0.717, 1.165) is 70.9 Å². The fourth-order valence-corrected chi connectivity index (χ4v) is 5.25. The summed E-state index contributed by atoms with van der Waals surface area (Å²) in [5.74, 6) is 1.03. The Hall–Kier alpha value is -3.51. The summed E-state index contributed by atoms with van der Waals surface area (Å²) in [5.41, 5.74) is 5.75. The number of amides is 1. The summed E-state index contributed by atoms with van der Waals surface area (Å²) in [6.07, 6.45) is 7.31. The van der Waals surface area contributed by atoms with Crippen LogP contribution >= 0.6 is 11.3 Å². The van der Waals surface area contributed by atoms with Crippen molar-refractivity contribution in [3.63, 3.8) is 0 Å². The van der Waals surface area contributed by atoms with Crippen LogP contribution in [0.15, 0.2) is 65.1 Å². The van der Waals surface area contributed by atoms with E-state index in [4.69, 9.17) is 0 Å². The minimum Gasteiger partial charge on any atom is -0.360 e. The van der Waals surface area contributed by atoms with Crippen LogP contribution in [-0.2, 0) is 11.2 Å². The molecule has 4 aromatic rings. The number of benzene rings is 2. The number of H-pyrrole nitrogens is 1. The van der Waals surface area contributed by atoms with Gasteiger partial charge in [-0.05, 0) is 98.4 Å². The predicted octanol–water partition coefficient (Wildman–Crippen LogP) is 7.38. The van der Waals surface area contributed by atoms with Crippen molar-refractivity contribution in [1.82, 2.24) is 10.3 Å². The number of nitrogens with zero attached hydrogens (tertiary/aromatic N) is 1. The number of amidine groups is 1. The van der Waals surface area contributed by atoms with Crippen LogP contribution in [-0.4, -0.2) is 22.5 Å². The molecule has 1 saturated carbocycles. The van der Waals surface area contributed by atoms with Crippen molar-refractivity contribution in [2.75, 3.05) is 0 Å². The molecule has 0 atom stereocenters. The van der Waals surface area contributed by atoms with E-state index in [1.807, 2.05) is 38.2 Å². The summed E-state index contributed by atoms with van der Waals surface area (Å²) in [5, 5.41) is 5.97. The van der Waals surface area contributed by atoms with Gasteiger partial charge in [0.1, 0.15) is 5.84 Å². The average molecular weight is 498 g/mol. The average Bonchev–Trinajstić information content (AvgIpc) is 3.43. The first-order chi connectivity index (χ1) is 17.5. The standard InChI is InChI=1S/C30H31N3O2S/c1-19-16-22(11-13-27(19)32-20(2)33-30(35)21-9-10-21)23-12-14-28-25(17-23)26(18-31-28)29(34)8-4-3-6-24-7-5-15-36-24/h5,7,11-18,21,31H,3-4,6,8-10H2,1-2H3,(H,32,33,35). The summed E-state index contributed by atoms with van der Waals surface area (Å²) in [4.78, 5) is 34.2. The molecule has 0 saturated heterocycles. The van der Waals surface area contributed by atoms with E-state index in [0.29, 0.717) is 12.3 Å². The fourth-order valence-electron chi connectivity index (χ4n) is 4.50. The highest BCUT2D eigenvalue weighted by Gasteiger charge is 2.29. The van der Waals surface area contributed by atoms with Gasteiger partial charge in [-0.1, -0.05) is 18.2 Å². The van der Waals surface area contributed by atoms with Gasteiger partial charge >= 0.3 is 0 Å². The Bertz CT molecular complexity index is 1430. The monoisotopic (exact) mass is 497 g/mol. The Kier molecular flexibility index (Phi) is 7.14. The van der Waals surface area contributed by atoms with Crippen molar-refractivity contribution in [1.29, 1.82) is 0 Å². The molecular weight excluding hydrogens is 466 g/mol. The SMILES string of the molecule is CC(=Nc1ccc(-c2ccc3[nH]cc(C(=O)CCCCc4cccs4)c3c2)cc1C)NC(=O)C1CC1. The lowest BCUT2D eigenvalue weighted by atomic mass is 9.98. The molecule has 1 aliphatic carbocycles. The Balaban J connectivity index is 1.28. The third kappa shape index (κ3) is 5.65. The molecule has 0 aliphatic heterocycles. The minimum atomic E-state index is 0.0678. The second-order valence-electron chi connectivity index (χ2n) is 9.63. The van der Waals surface area contributed by atoms with Crippen molar-refractivity contribution in [3.8, 4) is 11.1 Å². The molecule has 0 bridgehead atoms. The molecule has 1 aliphatic rings. The van der Waals surface area contributed by atoms with Gasteiger partial charge in [-0.2, -0.15) is 0 Å². The smallest absolute Gasteiger partial charge is 0.228 e. The molecule has 0 spiro atoms. The van der Waals surface area contributed by atoms with Crippen molar-refractivity contribution < 1.29 is 9.59 Å². The van der Waals surface area contributed by atoms with Gasteiger partial charge in [0.25, 0.3) is 0 Å². The molecule has 2 heterocycles. The number of aryl methyl sites for hydroxylation is 2. The third-order valence-corrected chi connectivity index (χ3v) is 7.65. The van der Waals surface area contributed by atoms with Crippen molar-refractivity contribution in [3.05, 3.63) is 76.1 Å². The molecule has 6 heteroatoms. The van der Waals surface area contributed by atoms with Gasteiger partial charge < -0.3 is 10.3 Å². The highest BCUT2D eigenvalue weighted by Crippen LogP contribution is 2.31. The Morgan fingerprint density at radius 3 is 2.64 bits per heavy atom. The number of aromatic nitrogens is 1. The van der Waals surface area contributed by atoms with E-state index in [1.54, 1.807) is 11.3 Å².